The van der Waals surface area contributed by atoms with E-state index in [2.05, 4.69) is 22.8 Å². The number of ether oxygens (including phenoxy) is 1. The van der Waals surface area contributed by atoms with Crippen LogP contribution in [0, 0.1) is 0 Å². The van der Waals surface area contributed by atoms with Crippen LogP contribution in [0.25, 0.3) is 0 Å². The summed E-state index contributed by atoms with van der Waals surface area (Å²) in [5.74, 6) is 0. The molecule has 2 rings (SSSR count). The second-order valence-electron chi connectivity index (χ2n) is 4.74. The van der Waals surface area contributed by atoms with E-state index in [4.69, 9.17) is 4.74 Å². The standard InChI is InChI=1S/C14H23NOS/c1-2-6-13(7-3-1)16-10-5-9-15-12-14-8-4-11-17-14/h4,8,11,13,15H,1-3,5-7,9-10,12H2. The number of rotatable bonds is 7. The van der Waals surface area contributed by atoms with Crippen molar-refractivity contribution in [1.82, 2.24) is 5.32 Å². The maximum atomic E-state index is 5.88. The maximum absolute atomic E-state index is 5.88. The molecule has 3 heteroatoms. The van der Waals surface area contributed by atoms with E-state index >= 15 is 0 Å². The minimum atomic E-state index is 0.557. The van der Waals surface area contributed by atoms with Gasteiger partial charge >= 0.3 is 0 Å². The lowest BCUT2D eigenvalue weighted by molar-refractivity contribution is 0.0273. The van der Waals surface area contributed by atoms with Gasteiger partial charge in [-0.1, -0.05) is 25.3 Å². The van der Waals surface area contributed by atoms with Crippen LogP contribution in [0.4, 0.5) is 0 Å². The van der Waals surface area contributed by atoms with Crippen molar-refractivity contribution in [1.29, 1.82) is 0 Å². The minimum Gasteiger partial charge on any atom is -0.378 e. The van der Waals surface area contributed by atoms with Gasteiger partial charge in [-0.2, -0.15) is 0 Å². The highest BCUT2D eigenvalue weighted by molar-refractivity contribution is 7.09. The SMILES string of the molecule is c1csc(CNCCCOC2CCCCC2)c1. The Kier molecular flexibility index (Phi) is 6.03. The molecule has 1 aromatic heterocycles. The lowest BCUT2D eigenvalue weighted by Crippen LogP contribution is -2.20. The Bertz CT molecular complexity index is 280. The quantitative estimate of drug-likeness (QED) is 0.750. The maximum Gasteiger partial charge on any atom is 0.0575 e. The Morgan fingerprint density at radius 1 is 1.29 bits per heavy atom. The monoisotopic (exact) mass is 253 g/mol. The predicted octanol–water partition coefficient (Wildman–Crippen LogP) is 3.58. The molecular weight excluding hydrogens is 230 g/mol. The number of nitrogens with one attached hydrogen (secondary N) is 1. The van der Waals surface area contributed by atoms with Gasteiger partial charge < -0.3 is 10.1 Å². The van der Waals surface area contributed by atoms with E-state index in [9.17, 15) is 0 Å². The molecule has 0 aromatic carbocycles. The summed E-state index contributed by atoms with van der Waals surface area (Å²) in [6.45, 7) is 2.98. The zero-order valence-electron chi connectivity index (χ0n) is 10.5. The highest BCUT2D eigenvalue weighted by Gasteiger charge is 2.12. The first kappa shape index (κ1) is 13.1. The third kappa shape index (κ3) is 5.19. The summed E-state index contributed by atoms with van der Waals surface area (Å²) in [5.41, 5.74) is 0. The molecule has 0 spiro atoms. The predicted molar refractivity (Wildman–Crippen MR) is 73.5 cm³/mol. The smallest absolute Gasteiger partial charge is 0.0575 e. The molecule has 1 aliphatic rings. The molecule has 1 saturated carbocycles. The molecule has 2 nitrogen and oxygen atoms in total. The fraction of sp³-hybridized carbons (Fsp3) is 0.714. The molecule has 0 radical (unpaired) electrons. The van der Waals surface area contributed by atoms with Gasteiger partial charge in [0.05, 0.1) is 6.10 Å². The van der Waals surface area contributed by atoms with Gasteiger partial charge in [0.15, 0.2) is 0 Å². The summed E-state index contributed by atoms with van der Waals surface area (Å²) in [6, 6.07) is 4.28. The van der Waals surface area contributed by atoms with Gasteiger partial charge in [0, 0.05) is 18.0 Å². The van der Waals surface area contributed by atoms with E-state index in [1.54, 1.807) is 0 Å². The van der Waals surface area contributed by atoms with Crippen LogP contribution in [0.5, 0.6) is 0 Å². The van der Waals surface area contributed by atoms with Gasteiger partial charge in [0.2, 0.25) is 0 Å². The van der Waals surface area contributed by atoms with E-state index in [1.165, 1.54) is 37.0 Å². The van der Waals surface area contributed by atoms with E-state index in [-0.39, 0.29) is 0 Å². The molecule has 0 atom stereocenters. The van der Waals surface area contributed by atoms with E-state index < -0.39 is 0 Å². The molecule has 0 amide bonds. The lowest BCUT2D eigenvalue weighted by Gasteiger charge is -2.21. The molecule has 1 aliphatic carbocycles. The minimum absolute atomic E-state index is 0.557. The third-order valence-electron chi connectivity index (χ3n) is 3.28. The molecule has 0 aliphatic heterocycles. The van der Waals surface area contributed by atoms with Gasteiger partial charge in [0.25, 0.3) is 0 Å². The van der Waals surface area contributed by atoms with Gasteiger partial charge in [-0.3, -0.25) is 0 Å². The molecule has 96 valence electrons. The van der Waals surface area contributed by atoms with Gasteiger partial charge in [-0.25, -0.2) is 0 Å². The lowest BCUT2D eigenvalue weighted by atomic mass is 9.98. The highest BCUT2D eigenvalue weighted by Crippen LogP contribution is 2.20. The average Bonchev–Trinajstić information content (AvgIpc) is 2.88. The Morgan fingerprint density at radius 2 is 2.18 bits per heavy atom. The van der Waals surface area contributed by atoms with Crippen molar-refractivity contribution in [2.75, 3.05) is 13.2 Å². The molecule has 0 bridgehead atoms. The van der Waals surface area contributed by atoms with Crippen molar-refractivity contribution in [3.8, 4) is 0 Å². The summed E-state index contributed by atoms with van der Waals surface area (Å²) >= 11 is 1.82. The third-order valence-corrected chi connectivity index (χ3v) is 4.16. The summed E-state index contributed by atoms with van der Waals surface area (Å²) in [7, 11) is 0. The second kappa shape index (κ2) is 7.85. The number of thiophene rings is 1. The fourth-order valence-electron chi connectivity index (χ4n) is 2.30. The van der Waals surface area contributed by atoms with Crippen LogP contribution in [0.3, 0.4) is 0 Å². The first-order chi connectivity index (χ1) is 8.45. The Labute approximate surface area is 108 Å². The first-order valence-corrected chi connectivity index (χ1v) is 7.68. The zero-order chi connectivity index (χ0) is 11.8. The summed E-state index contributed by atoms with van der Waals surface area (Å²) in [4.78, 5) is 1.41. The largest absolute Gasteiger partial charge is 0.378 e. The van der Waals surface area contributed by atoms with Crippen molar-refractivity contribution in [2.45, 2.75) is 51.2 Å². The van der Waals surface area contributed by atoms with E-state index in [0.29, 0.717) is 6.10 Å². The number of hydrogen-bond donors (Lipinski definition) is 1. The van der Waals surface area contributed by atoms with Crippen LogP contribution in [-0.4, -0.2) is 19.3 Å². The number of hydrogen-bond acceptors (Lipinski definition) is 3. The Balaban J connectivity index is 1.43. The molecule has 1 fully saturated rings. The zero-order valence-corrected chi connectivity index (χ0v) is 11.3. The molecule has 0 unspecified atom stereocenters. The molecule has 0 saturated heterocycles. The summed E-state index contributed by atoms with van der Waals surface area (Å²) in [6.07, 6.45) is 8.37. The molecule has 1 aromatic rings. The van der Waals surface area contributed by atoms with Gasteiger partial charge in [-0.05, 0) is 37.3 Å². The van der Waals surface area contributed by atoms with E-state index in [1.807, 2.05) is 11.3 Å². The summed E-state index contributed by atoms with van der Waals surface area (Å²) < 4.78 is 5.88. The van der Waals surface area contributed by atoms with Crippen LogP contribution in [0.2, 0.25) is 0 Å². The van der Waals surface area contributed by atoms with Crippen molar-refractivity contribution in [3.05, 3.63) is 22.4 Å². The normalized spacial score (nSPS) is 17.4. The highest BCUT2D eigenvalue weighted by atomic mass is 32.1. The molecule has 17 heavy (non-hydrogen) atoms. The van der Waals surface area contributed by atoms with Crippen LogP contribution < -0.4 is 5.32 Å². The Morgan fingerprint density at radius 3 is 2.94 bits per heavy atom. The first-order valence-electron chi connectivity index (χ1n) is 6.80. The molecule has 1 N–H and O–H groups in total. The average molecular weight is 253 g/mol. The van der Waals surface area contributed by atoms with Crippen molar-refractivity contribution in [2.24, 2.45) is 0 Å². The molecular formula is C14H23NOS. The van der Waals surface area contributed by atoms with Crippen molar-refractivity contribution < 1.29 is 4.74 Å². The van der Waals surface area contributed by atoms with Gasteiger partial charge in [-0.15, -0.1) is 11.3 Å². The van der Waals surface area contributed by atoms with Crippen molar-refractivity contribution >= 4 is 11.3 Å². The van der Waals surface area contributed by atoms with Crippen LogP contribution >= 0.6 is 11.3 Å². The van der Waals surface area contributed by atoms with Crippen LogP contribution in [-0.2, 0) is 11.3 Å². The van der Waals surface area contributed by atoms with Gasteiger partial charge in [0.1, 0.15) is 0 Å². The topological polar surface area (TPSA) is 21.3 Å². The summed E-state index contributed by atoms with van der Waals surface area (Å²) in [5, 5.41) is 5.58. The second-order valence-corrected chi connectivity index (χ2v) is 5.77. The van der Waals surface area contributed by atoms with E-state index in [0.717, 1.165) is 26.1 Å². The van der Waals surface area contributed by atoms with Crippen molar-refractivity contribution in [3.63, 3.8) is 0 Å². The molecule has 1 heterocycles. The van der Waals surface area contributed by atoms with Crippen LogP contribution in [0.1, 0.15) is 43.4 Å². The fourth-order valence-corrected chi connectivity index (χ4v) is 2.98. The Hall–Kier alpha value is -0.380. The van der Waals surface area contributed by atoms with Crippen LogP contribution in [0.15, 0.2) is 17.5 Å².